The first kappa shape index (κ1) is 27.1. The first-order chi connectivity index (χ1) is 19.0. The molecule has 0 saturated heterocycles. The van der Waals surface area contributed by atoms with Gasteiger partial charge in [0.25, 0.3) is 0 Å². The van der Waals surface area contributed by atoms with Gasteiger partial charge in [-0.1, -0.05) is 13.8 Å². The molecule has 40 heavy (non-hydrogen) atoms. The predicted molar refractivity (Wildman–Crippen MR) is 158 cm³/mol. The molecule has 0 aromatic heterocycles. The molecule has 0 fully saturated rings. The van der Waals surface area contributed by atoms with Gasteiger partial charge in [0.15, 0.2) is 0 Å². The average Bonchev–Trinajstić information content (AvgIpc) is 3.55. The Balaban J connectivity index is 1.80. The molecular formula is C32H32N4O4. The lowest BCUT2D eigenvalue weighted by Crippen LogP contribution is -2.06. The maximum absolute atomic E-state index is 12.4. The molecule has 8 bridgehead atoms. The van der Waals surface area contributed by atoms with E-state index in [0.29, 0.717) is 22.7 Å². The van der Waals surface area contributed by atoms with Crippen molar-refractivity contribution < 1.29 is 19.8 Å². The third kappa shape index (κ3) is 4.53. The van der Waals surface area contributed by atoms with E-state index in [1.165, 1.54) is 0 Å². The number of hydrogen-bond acceptors (Lipinski definition) is 6. The molecule has 2 N–H and O–H groups in total. The molecule has 0 amide bonds. The molecule has 0 unspecified atom stereocenters. The number of nitrogens with zero attached hydrogens (tertiary/aromatic N) is 4. The van der Waals surface area contributed by atoms with E-state index in [0.717, 1.165) is 69.1 Å². The first-order valence-corrected chi connectivity index (χ1v) is 13.5. The quantitative estimate of drug-likeness (QED) is 0.408. The van der Waals surface area contributed by atoms with Gasteiger partial charge in [0.05, 0.1) is 51.2 Å². The topological polar surface area (TPSA) is 124 Å². The number of hydrogen-bond donors (Lipinski definition) is 2. The van der Waals surface area contributed by atoms with Crippen LogP contribution in [-0.4, -0.2) is 45.0 Å². The molecule has 5 aliphatic rings. The standard InChI is InChI=1S/C32H32N4O4/c1-7-19-15(3)22-11-23-17(5)21(9-10-30(37)38)28(35-23)14-29-31(32(39)40)18(6)25(36-29)13-27-20(8-2)16(4)24(34-27)12-26(19)33-22/h11-14H,7-10H2,1-6H3,(H,37,38)(H,39,40). The number of aliphatic carboxylic acids is 2. The van der Waals surface area contributed by atoms with Crippen LogP contribution in [0, 0.1) is 0 Å². The summed E-state index contributed by atoms with van der Waals surface area (Å²) in [5.74, 6) is -1.99. The Morgan fingerprint density at radius 2 is 1.05 bits per heavy atom. The Morgan fingerprint density at radius 3 is 1.55 bits per heavy atom. The van der Waals surface area contributed by atoms with Crippen LogP contribution in [0.15, 0.2) is 112 Å². The third-order valence-corrected chi connectivity index (χ3v) is 8.02. The summed E-state index contributed by atoms with van der Waals surface area (Å²) in [5, 5.41) is 19.5. The van der Waals surface area contributed by atoms with Crippen molar-refractivity contribution in [3.63, 3.8) is 0 Å². The van der Waals surface area contributed by atoms with Gasteiger partial charge in [-0.25, -0.2) is 24.8 Å². The van der Waals surface area contributed by atoms with E-state index in [4.69, 9.17) is 20.0 Å². The van der Waals surface area contributed by atoms with Gasteiger partial charge >= 0.3 is 11.9 Å². The van der Waals surface area contributed by atoms with E-state index < -0.39 is 11.9 Å². The van der Waals surface area contributed by atoms with E-state index >= 15 is 0 Å². The van der Waals surface area contributed by atoms with Crippen LogP contribution >= 0.6 is 0 Å². The molecule has 204 valence electrons. The van der Waals surface area contributed by atoms with Crippen molar-refractivity contribution in [3.05, 3.63) is 91.7 Å². The number of carboxylic acid groups (broad SMARTS) is 2. The number of allylic oxidation sites excluding steroid dienone is 11. The van der Waals surface area contributed by atoms with Crippen molar-refractivity contribution >= 4 is 34.8 Å². The molecule has 0 aromatic rings. The van der Waals surface area contributed by atoms with Gasteiger partial charge in [-0.2, -0.15) is 0 Å². The fraction of sp³-hybridized carbons (Fsp3) is 0.312. The van der Waals surface area contributed by atoms with E-state index in [2.05, 4.69) is 27.7 Å². The van der Waals surface area contributed by atoms with Gasteiger partial charge < -0.3 is 10.2 Å². The highest BCUT2D eigenvalue weighted by molar-refractivity contribution is 6.22. The fourth-order valence-electron chi connectivity index (χ4n) is 5.73. The van der Waals surface area contributed by atoms with E-state index in [-0.39, 0.29) is 24.1 Å². The summed E-state index contributed by atoms with van der Waals surface area (Å²) in [6, 6.07) is 0. The molecule has 0 saturated carbocycles. The van der Waals surface area contributed by atoms with E-state index in [1.807, 2.05) is 25.2 Å². The number of carbonyl (C=O) groups is 2. The van der Waals surface area contributed by atoms with E-state index in [9.17, 15) is 19.8 Å². The summed E-state index contributed by atoms with van der Waals surface area (Å²) < 4.78 is 0. The number of carboxylic acids is 2. The van der Waals surface area contributed by atoms with Crippen LogP contribution in [0.4, 0.5) is 0 Å². The second kappa shape index (κ2) is 10.3. The SMILES string of the molecule is CCC1=C(C)C2=NC1=CC1=NC(=CC3=NC(=CC4=NC(=C2)C(C)=C4CCC(=O)O)C(C(=O)O)=C3C)C(CC)=C1C. The number of rotatable bonds is 6. The van der Waals surface area contributed by atoms with Crippen LogP contribution in [-0.2, 0) is 9.59 Å². The Labute approximate surface area is 233 Å². The van der Waals surface area contributed by atoms with Crippen LogP contribution in [0.3, 0.4) is 0 Å². The summed E-state index contributed by atoms with van der Waals surface area (Å²) in [4.78, 5) is 43.3. The van der Waals surface area contributed by atoms with Crippen LogP contribution < -0.4 is 0 Å². The maximum atomic E-state index is 12.4. The van der Waals surface area contributed by atoms with Gasteiger partial charge in [0.2, 0.25) is 0 Å². The van der Waals surface area contributed by atoms with Gasteiger partial charge in [-0.15, -0.1) is 0 Å². The second-order valence-corrected chi connectivity index (χ2v) is 10.3. The molecule has 0 aromatic carbocycles. The summed E-state index contributed by atoms with van der Waals surface area (Å²) in [6.45, 7) is 12.0. The zero-order valence-corrected chi connectivity index (χ0v) is 23.6. The smallest absolute Gasteiger partial charge is 0.338 e. The largest absolute Gasteiger partial charge is 0.481 e. The minimum Gasteiger partial charge on any atom is -0.481 e. The number of fused-ring (bicyclic) bond motifs is 4. The lowest BCUT2D eigenvalue weighted by atomic mass is 9.97. The third-order valence-electron chi connectivity index (χ3n) is 8.02. The zero-order valence-electron chi connectivity index (χ0n) is 23.6. The zero-order chi connectivity index (χ0) is 28.9. The summed E-state index contributed by atoms with van der Waals surface area (Å²) in [7, 11) is 0. The maximum Gasteiger partial charge on any atom is 0.338 e. The Bertz CT molecular complexity index is 1670. The summed E-state index contributed by atoms with van der Waals surface area (Å²) in [6.07, 6.45) is 9.26. The van der Waals surface area contributed by atoms with Gasteiger partial charge in [0.1, 0.15) is 0 Å². The fourth-order valence-corrected chi connectivity index (χ4v) is 5.73. The molecule has 5 heterocycles. The summed E-state index contributed by atoms with van der Waals surface area (Å²) >= 11 is 0. The molecule has 0 spiro atoms. The van der Waals surface area contributed by atoms with Crippen molar-refractivity contribution in [2.24, 2.45) is 20.0 Å². The van der Waals surface area contributed by atoms with Crippen molar-refractivity contribution in [2.75, 3.05) is 0 Å². The Kier molecular flexibility index (Phi) is 6.96. The van der Waals surface area contributed by atoms with Crippen molar-refractivity contribution in [3.8, 4) is 0 Å². The second-order valence-electron chi connectivity index (χ2n) is 10.3. The first-order valence-electron chi connectivity index (χ1n) is 13.5. The molecule has 0 aliphatic carbocycles. The molecule has 0 atom stereocenters. The molecular weight excluding hydrogens is 504 g/mol. The number of aliphatic imine (C=N–C) groups is 4. The van der Waals surface area contributed by atoms with Crippen LogP contribution in [0.5, 0.6) is 0 Å². The highest BCUT2D eigenvalue weighted by Crippen LogP contribution is 2.37. The highest BCUT2D eigenvalue weighted by atomic mass is 16.4. The minimum absolute atomic E-state index is 0.0677. The van der Waals surface area contributed by atoms with Crippen molar-refractivity contribution in [2.45, 2.75) is 67.2 Å². The predicted octanol–water partition coefficient (Wildman–Crippen LogP) is 6.39. The Hall–Kier alpha value is -4.46. The minimum atomic E-state index is -1.08. The molecule has 0 radical (unpaired) electrons. The van der Waals surface area contributed by atoms with Gasteiger partial charge in [-0.3, -0.25) is 4.79 Å². The molecule has 8 nitrogen and oxygen atoms in total. The van der Waals surface area contributed by atoms with Crippen molar-refractivity contribution in [1.82, 2.24) is 0 Å². The van der Waals surface area contributed by atoms with Gasteiger partial charge in [-0.05, 0) is 110 Å². The molecule has 5 aliphatic heterocycles. The highest BCUT2D eigenvalue weighted by Gasteiger charge is 2.30. The van der Waals surface area contributed by atoms with E-state index in [1.54, 1.807) is 13.0 Å². The Morgan fingerprint density at radius 1 is 0.600 bits per heavy atom. The van der Waals surface area contributed by atoms with Crippen LogP contribution in [0.25, 0.3) is 0 Å². The monoisotopic (exact) mass is 536 g/mol. The normalized spacial score (nSPS) is 20.4. The van der Waals surface area contributed by atoms with Crippen LogP contribution in [0.2, 0.25) is 0 Å². The average molecular weight is 537 g/mol. The molecule has 5 rings (SSSR count). The summed E-state index contributed by atoms with van der Waals surface area (Å²) in [5.41, 5.74) is 11.9. The lowest BCUT2D eigenvalue weighted by Gasteiger charge is -2.05. The lowest BCUT2D eigenvalue weighted by molar-refractivity contribution is -0.137. The van der Waals surface area contributed by atoms with Crippen molar-refractivity contribution in [1.29, 1.82) is 0 Å². The van der Waals surface area contributed by atoms with Gasteiger partial charge in [0, 0.05) is 6.42 Å². The van der Waals surface area contributed by atoms with Crippen LogP contribution in [0.1, 0.15) is 67.2 Å². The molecule has 8 heteroatoms.